The molecular formula is C19H17ClN6O3S2. The maximum absolute atomic E-state index is 13.1. The molecule has 160 valence electrons. The molecule has 12 heteroatoms. The molecule has 0 amide bonds. The molecule has 1 saturated heterocycles. The quantitative estimate of drug-likeness (QED) is 0.433. The average Bonchev–Trinajstić information content (AvgIpc) is 3.44. The molecule has 31 heavy (non-hydrogen) atoms. The van der Waals surface area contributed by atoms with Gasteiger partial charge in [-0.05, 0) is 36.4 Å². The van der Waals surface area contributed by atoms with E-state index in [0.29, 0.717) is 60.6 Å². The predicted molar refractivity (Wildman–Crippen MR) is 116 cm³/mol. The molecule has 0 spiro atoms. The van der Waals surface area contributed by atoms with Crippen LogP contribution in [0.25, 0.3) is 22.5 Å². The molecule has 0 radical (unpaired) electrons. The van der Waals surface area contributed by atoms with Crippen molar-refractivity contribution in [3.05, 3.63) is 53.4 Å². The van der Waals surface area contributed by atoms with Crippen LogP contribution in [0, 0.1) is 0 Å². The van der Waals surface area contributed by atoms with Crippen molar-refractivity contribution < 1.29 is 12.8 Å². The van der Waals surface area contributed by atoms with Gasteiger partial charge in [0.15, 0.2) is 0 Å². The lowest BCUT2D eigenvalue weighted by Crippen LogP contribution is -2.48. The van der Waals surface area contributed by atoms with Gasteiger partial charge in [0, 0.05) is 36.8 Å². The lowest BCUT2D eigenvalue weighted by atomic mass is 10.2. The Hall–Kier alpha value is -2.44. The summed E-state index contributed by atoms with van der Waals surface area (Å²) >= 11 is 6.92. The van der Waals surface area contributed by atoms with E-state index in [1.807, 2.05) is 12.1 Å². The normalized spacial score (nSPS) is 16.2. The van der Waals surface area contributed by atoms with Gasteiger partial charge in [-0.2, -0.15) is 13.1 Å². The van der Waals surface area contributed by atoms with Crippen molar-refractivity contribution in [1.29, 1.82) is 0 Å². The summed E-state index contributed by atoms with van der Waals surface area (Å²) in [6.45, 7) is 2.31. The van der Waals surface area contributed by atoms with Crippen LogP contribution >= 0.6 is 23.3 Å². The summed E-state index contributed by atoms with van der Waals surface area (Å²) in [5, 5.41) is 8.85. The molecule has 9 nitrogen and oxygen atoms in total. The van der Waals surface area contributed by atoms with Crippen LogP contribution < -0.4 is 0 Å². The molecule has 0 aliphatic carbocycles. The first-order valence-electron chi connectivity index (χ1n) is 9.53. The zero-order valence-electron chi connectivity index (χ0n) is 16.2. The van der Waals surface area contributed by atoms with E-state index in [-0.39, 0.29) is 4.90 Å². The van der Waals surface area contributed by atoms with Gasteiger partial charge in [0.05, 0.1) is 18.3 Å². The van der Waals surface area contributed by atoms with Crippen LogP contribution in [-0.2, 0) is 16.6 Å². The fourth-order valence-corrected chi connectivity index (χ4v) is 5.78. The summed E-state index contributed by atoms with van der Waals surface area (Å²) < 4.78 is 41.8. The van der Waals surface area contributed by atoms with Gasteiger partial charge in [-0.1, -0.05) is 17.7 Å². The second-order valence-electron chi connectivity index (χ2n) is 7.08. The second kappa shape index (κ2) is 8.24. The van der Waals surface area contributed by atoms with Gasteiger partial charge in [0.1, 0.15) is 15.9 Å². The third kappa shape index (κ3) is 4.06. The minimum atomic E-state index is -3.64. The highest BCUT2D eigenvalue weighted by Gasteiger charge is 2.31. The van der Waals surface area contributed by atoms with Gasteiger partial charge in [0.25, 0.3) is 0 Å². The van der Waals surface area contributed by atoms with E-state index in [9.17, 15) is 8.42 Å². The molecule has 1 aliphatic rings. The van der Waals surface area contributed by atoms with Crippen molar-refractivity contribution in [2.24, 2.45) is 0 Å². The number of fused-ring (bicyclic) bond motifs is 1. The average molecular weight is 477 g/mol. The summed E-state index contributed by atoms with van der Waals surface area (Å²) in [6.07, 6.45) is 0. The Labute approximate surface area is 187 Å². The Morgan fingerprint density at radius 2 is 1.77 bits per heavy atom. The van der Waals surface area contributed by atoms with Crippen molar-refractivity contribution in [3.8, 4) is 11.5 Å². The van der Waals surface area contributed by atoms with Gasteiger partial charge in [-0.15, -0.1) is 10.2 Å². The molecule has 1 aliphatic heterocycles. The molecular weight excluding hydrogens is 460 g/mol. The Morgan fingerprint density at radius 3 is 2.55 bits per heavy atom. The number of aromatic nitrogens is 4. The minimum Gasteiger partial charge on any atom is -0.419 e. The lowest BCUT2D eigenvalue weighted by molar-refractivity contribution is 0.168. The van der Waals surface area contributed by atoms with Gasteiger partial charge >= 0.3 is 0 Å². The summed E-state index contributed by atoms with van der Waals surface area (Å²) in [4.78, 5) is 2.30. The summed E-state index contributed by atoms with van der Waals surface area (Å²) in [7, 11) is -3.64. The van der Waals surface area contributed by atoms with Gasteiger partial charge in [-0.3, -0.25) is 4.90 Å². The van der Waals surface area contributed by atoms with Crippen LogP contribution in [0.3, 0.4) is 0 Å². The number of nitrogens with zero attached hydrogens (tertiary/aromatic N) is 6. The third-order valence-electron chi connectivity index (χ3n) is 5.11. The van der Waals surface area contributed by atoms with E-state index in [2.05, 4.69) is 23.8 Å². The topological polar surface area (TPSA) is 105 Å². The van der Waals surface area contributed by atoms with Crippen LogP contribution in [0.5, 0.6) is 0 Å². The van der Waals surface area contributed by atoms with Crippen molar-refractivity contribution in [2.45, 2.75) is 11.4 Å². The molecule has 4 aromatic rings. The Bertz CT molecular complexity index is 1310. The number of hydrogen-bond acceptors (Lipinski definition) is 9. The Morgan fingerprint density at radius 1 is 1.00 bits per heavy atom. The van der Waals surface area contributed by atoms with E-state index in [0.717, 1.165) is 17.3 Å². The lowest BCUT2D eigenvalue weighted by Gasteiger charge is -2.33. The number of piperazine rings is 1. The first-order valence-corrected chi connectivity index (χ1v) is 12.1. The predicted octanol–water partition coefficient (Wildman–Crippen LogP) is 2.90. The number of hydrogen-bond donors (Lipinski definition) is 0. The number of halogens is 1. The SMILES string of the molecule is O=S(=O)(c1cccc2nsnc12)N1CCN(Cc2nnc(-c3ccc(Cl)cc3)o2)CC1. The molecule has 2 aromatic carbocycles. The highest BCUT2D eigenvalue weighted by atomic mass is 35.5. The van der Waals surface area contributed by atoms with Crippen LogP contribution in [0.2, 0.25) is 5.02 Å². The highest BCUT2D eigenvalue weighted by Crippen LogP contribution is 2.26. The number of benzene rings is 2. The molecule has 2 aromatic heterocycles. The molecule has 0 N–H and O–H groups in total. The summed E-state index contributed by atoms with van der Waals surface area (Å²) in [6, 6.07) is 12.2. The highest BCUT2D eigenvalue weighted by molar-refractivity contribution is 7.89. The van der Waals surface area contributed by atoms with Crippen LogP contribution in [0.1, 0.15) is 5.89 Å². The van der Waals surface area contributed by atoms with Crippen LogP contribution in [-0.4, -0.2) is 62.7 Å². The molecule has 0 bridgehead atoms. The largest absolute Gasteiger partial charge is 0.419 e. The molecule has 0 atom stereocenters. The zero-order chi connectivity index (χ0) is 21.4. The molecule has 3 heterocycles. The smallest absolute Gasteiger partial charge is 0.247 e. The van der Waals surface area contributed by atoms with Gasteiger partial charge < -0.3 is 4.42 Å². The zero-order valence-corrected chi connectivity index (χ0v) is 18.6. The minimum absolute atomic E-state index is 0.205. The Balaban J connectivity index is 1.25. The summed E-state index contributed by atoms with van der Waals surface area (Å²) in [5.74, 6) is 0.914. The van der Waals surface area contributed by atoms with Gasteiger partial charge in [0.2, 0.25) is 21.8 Å². The Kier molecular flexibility index (Phi) is 5.44. The monoisotopic (exact) mass is 476 g/mol. The van der Waals surface area contributed by atoms with Crippen LogP contribution in [0.15, 0.2) is 51.8 Å². The molecule has 0 unspecified atom stereocenters. The summed E-state index contributed by atoms with van der Waals surface area (Å²) in [5.41, 5.74) is 1.82. The molecule has 0 saturated carbocycles. The van der Waals surface area contributed by atoms with Crippen molar-refractivity contribution in [1.82, 2.24) is 28.1 Å². The van der Waals surface area contributed by atoms with E-state index < -0.39 is 10.0 Å². The fourth-order valence-electron chi connectivity index (χ4n) is 3.47. The van der Waals surface area contributed by atoms with E-state index in [1.165, 1.54) is 4.31 Å². The first kappa shape index (κ1) is 20.5. The molecule has 1 fully saturated rings. The van der Waals surface area contributed by atoms with E-state index in [1.54, 1.807) is 30.3 Å². The van der Waals surface area contributed by atoms with Crippen molar-refractivity contribution >= 4 is 44.4 Å². The van der Waals surface area contributed by atoms with Crippen molar-refractivity contribution in [3.63, 3.8) is 0 Å². The number of rotatable bonds is 5. The first-order chi connectivity index (χ1) is 15.0. The fraction of sp³-hybridized carbons (Fsp3) is 0.263. The molecule has 5 rings (SSSR count). The third-order valence-corrected chi connectivity index (χ3v) is 7.84. The van der Waals surface area contributed by atoms with E-state index >= 15 is 0 Å². The van der Waals surface area contributed by atoms with E-state index in [4.69, 9.17) is 16.0 Å². The van der Waals surface area contributed by atoms with Gasteiger partial charge in [-0.25, -0.2) is 8.42 Å². The maximum Gasteiger partial charge on any atom is 0.247 e. The number of sulfonamides is 1. The standard InChI is InChI=1S/C19H17ClN6O3S2/c20-14-6-4-13(5-7-14)19-22-21-17(29-19)12-25-8-10-26(11-9-25)31(27,28)16-3-1-2-15-18(16)24-30-23-15/h1-7H,8-12H2. The van der Waals surface area contributed by atoms with Crippen LogP contribution in [0.4, 0.5) is 0 Å². The van der Waals surface area contributed by atoms with Crippen molar-refractivity contribution in [2.75, 3.05) is 26.2 Å². The maximum atomic E-state index is 13.1. The second-order valence-corrected chi connectivity index (χ2v) is 9.95.